The summed E-state index contributed by atoms with van der Waals surface area (Å²) in [4.78, 5) is 48.8. The van der Waals surface area contributed by atoms with Crippen LogP contribution in [0.25, 0.3) is 10.9 Å². The molecule has 2 saturated heterocycles. The van der Waals surface area contributed by atoms with E-state index in [1.54, 1.807) is 0 Å². The van der Waals surface area contributed by atoms with Crippen molar-refractivity contribution in [2.24, 2.45) is 5.41 Å². The Labute approximate surface area is 169 Å². The SMILES string of the molecule is CN1C(=O)N(C)C(=O)C2(Cc3cc4ccccc4nc3N3CCCCCC32)C1=O. The zero-order chi connectivity index (χ0) is 20.3. The van der Waals surface area contributed by atoms with Crippen molar-refractivity contribution in [1.29, 1.82) is 0 Å². The van der Waals surface area contributed by atoms with Crippen LogP contribution in [0.2, 0.25) is 0 Å². The van der Waals surface area contributed by atoms with E-state index in [0.717, 1.165) is 64.3 Å². The molecule has 1 aromatic heterocycles. The summed E-state index contributed by atoms with van der Waals surface area (Å²) in [6, 6.07) is 9.12. The Morgan fingerprint density at radius 1 is 1.00 bits per heavy atom. The van der Waals surface area contributed by atoms with E-state index in [9.17, 15) is 14.4 Å². The smallest absolute Gasteiger partial charge is 0.332 e. The average molecular weight is 392 g/mol. The van der Waals surface area contributed by atoms with Crippen molar-refractivity contribution in [3.8, 4) is 0 Å². The highest BCUT2D eigenvalue weighted by atomic mass is 16.2. The number of amides is 4. The Hall–Kier alpha value is -2.96. The van der Waals surface area contributed by atoms with Crippen molar-refractivity contribution >= 4 is 34.6 Å². The Bertz CT molecular complexity index is 1030. The third-order valence-corrected chi connectivity index (χ3v) is 6.79. The van der Waals surface area contributed by atoms with Crippen LogP contribution in [0.3, 0.4) is 0 Å². The second kappa shape index (κ2) is 6.27. The van der Waals surface area contributed by atoms with Crippen LogP contribution in [0.15, 0.2) is 30.3 Å². The first-order chi connectivity index (χ1) is 13.9. The summed E-state index contributed by atoms with van der Waals surface area (Å²) in [5.74, 6) is 0.103. The molecule has 5 rings (SSSR count). The van der Waals surface area contributed by atoms with Gasteiger partial charge < -0.3 is 4.90 Å². The number of nitrogens with zero attached hydrogens (tertiary/aromatic N) is 4. The number of pyridine rings is 1. The summed E-state index contributed by atoms with van der Waals surface area (Å²) >= 11 is 0. The minimum Gasteiger partial charge on any atom is -0.352 e. The summed E-state index contributed by atoms with van der Waals surface area (Å²) in [6.45, 7) is 0.757. The summed E-state index contributed by atoms with van der Waals surface area (Å²) in [7, 11) is 2.95. The van der Waals surface area contributed by atoms with Crippen molar-refractivity contribution in [3.05, 3.63) is 35.9 Å². The van der Waals surface area contributed by atoms with Gasteiger partial charge in [0, 0.05) is 32.4 Å². The van der Waals surface area contributed by atoms with E-state index in [-0.39, 0.29) is 24.3 Å². The maximum Gasteiger partial charge on any atom is 0.332 e. The first-order valence-electron chi connectivity index (χ1n) is 10.2. The molecule has 1 spiro atoms. The molecule has 2 aromatic rings. The van der Waals surface area contributed by atoms with Gasteiger partial charge in [-0.1, -0.05) is 31.0 Å². The number of fused-ring (bicyclic) bond motifs is 5. The van der Waals surface area contributed by atoms with Crippen LogP contribution in [0, 0.1) is 5.41 Å². The van der Waals surface area contributed by atoms with Gasteiger partial charge in [-0.25, -0.2) is 9.78 Å². The lowest BCUT2D eigenvalue weighted by Gasteiger charge is -2.52. The van der Waals surface area contributed by atoms with Crippen molar-refractivity contribution in [1.82, 2.24) is 14.8 Å². The van der Waals surface area contributed by atoms with Gasteiger partial charge in [-0.3, -0.25) is 19.4 Å². The number of aromatic nitrogens is 1. The standard InChI is InChI=1S/C22H24N4O3/c1-24-19(27)22(20(28)25(2)21(24)29)13-15-12-14-8-5-6-9-16(14)23-18(15)26-11-7-3-4-10-17(22)26/h5-6,8-9,12,17H,3-4,7,10-11,13H2,1-2H3. The third-order valence-electron chi connectivity index (χ3n) is 6.79. The summed E-state index contributed by atoms with van der Waals surface area (Å²) in [6.07, 6.45) is 4.02. The fourth-order valence-electron chi connectivity index (χ4n) is 5.35. The summed E-state index contributed by atoms with van der Waals surface area (Å²) in [5.41, 5.74) is 0.536. The second-order valence-corrected chi connectivity index (χ2v) is 8.38. The van der Waals surface area contributed by atoms with E-state index in [1.807, 2.05) is 24.3 Å². The van der Waals surface area contributed by atoms with Crippen LogP contribution in [-0.2, 0) is 16.0 Å². The lowest BCUT2D eigenvalue weighted by atomic mass is 9.67. The molecule has 0 N–H and O–H groups in total. The quantitative estimate of drug-likeness (QED) is 0.645. The molecule has 1 aromatic carbocycles. The van der Waals surface area contributed by atoms with E-state index in [1.165, 1.54) is 14.1 Å². The number of urea groups is 1. The molecule has 1 unspecified atom stereocenters. The molecule has 2 fully saturated rings. The zero-order valence-electron chi connectivity index (χ0n) is 16.7. The van der Waals surface area contributed by atoms with Crippen molar-refractivity contribution in [2.75, 3.05) is 25.5 Å². The van der Waals surface area contributed by atoms with Crippen molar-refractivity contribution in [2.45, 2.75) is 38.1 Å². The van der Waals surface area contributed by atoms with Gasteiger partial charge in [-0.05, 0) is 30.5 Å². The molecule has 29 heavy (non-hydrogen) atoms. The lowest BCUT2D eigenvalue weighted by molar-refractivity contribution is -0.159. The van der Waals surface area contributed by atoms with Gasteiger partial charge >= 0.3 is 6.03 Å². The minimum absolute atomic E-state index is 0.279. The van der Waals surface area contributed by atoms with Gasteiger partial charge in [-0.2, -0.15) is 0 Å². The van der Waals surface area contributed by atoms with Gasteiger partial charge in [-0.15, -0.1) is 0 Å². The van der Waals surface area contributed by atoms with Crippen LogP contribution < -0.4 is 4.90 Å². The van der Waals surface area contributed by atoms with Crippen molar-refractivity contribution in [3.63, 3.8) is 0 Å². The van der Waals surface area contributed by atoms with Crippen LogP contribution in [0.1, 0.15) is 31.2 Å². The van der Waals surface area contributed by atoms with E-state index in [0.29, 0.717) is 0 Å². The number of hydrogen-bond donors (Lipinski definition) is 0. The maximum absolute atomic E-state index is 13.5. The summed E-state index contributed by atoms with van der Waals surface area (Å²) in [5, 5.41) is 0.989. The molecule has 7 heteroatoms. The lowest BCUT2D eigenvalue weighted by Crippen LogP contribution is -2.71. The number of hydrogen-bond acceptors (Lipinski definition) is 5. The molecule has 3 aliphatic heterocycles. The Morgan fingerprint density at radius 2 is 1.72 bits per heavy atom. The van der Waals surface area contributed by atoms with Crippen molar-refractivity contribution < 1.29 is 14.4 Å². The van der Waals surface area contributed by atoms with Gasteiger partial charge in [0.15, 0.2) is 5.41 Å². The molecule has 0 aliphatic carbocycles. The number of imide groups is 2. The zero-order valence-corrected chi connectivity index (χ0v) is 16.7. The number of barbiturate groups is 1. The Balaban J connectivity index is 1.75. The van der Waals surface area contributed by atoms with Gasteiger partial charge in [0.1, 0.15) is 5.82 Å². The number of para-hydroxylation sites is 1. The Morgan fingerprint density at radius 3 is 2.48 bits per heavy atom. The molecule has 0 radical (unpaired) electrons. The third kappa shape index (κ3) is 2.36. The molecule has 0 bridgehead atoms. The first-order valence-corrected chi connectivity index (χ1v) is 10.2. The monoisotopic (exact) mass is 392 g/mol. The minimum atomic E-state index is -1.28. The molecule has 7 nitrogen and oxygen atoms in total. The van der Waals surface area contributed by atoms with Gasteiger partial charge in [0.05, 0.1) is 11.6 Å². The van der Waals surface area contributed by atoms with E-state index in [2.05, 4.69) is 11.0 Å². The van der Waals surface area contributed by atoms with E-state index >= 15 is 0 Å². The van der Waals surface area contributed by atoms with Crippen LogP contribution in [0.5, 0.6) is 0 Å². The van der Waals surface area contributed by atoms with E-state index < -0.39 is 11.4 Å². The molecule has 4 amide bonds. The predicted octanol–water partition coefficient (Wildman–Crippen LogP) is 2.58. The topological polar surface area (TPSA) is 73.8 Å². The number of carbonyl (C=O) groups is 3. The molecule has 4 heterocycles. The first kappa shape index (κ1) is 18.1. The normalized spacial score (nSPS) is 24.0. The molecule has 1 atom stereocenters. The molecular weight excluding hydrogens is 368 g/mol. The molecule has 3 aliphatic rings. The molecular formula is C22H24N4O3. The van der Waals surface area contributed by atoms with E-state index in [4.69, 9.17) is 4.98 Å². The predicted molar refractivity (Wildman–Crippen MR) is 108 cm³/mol. The van der Waals surface area contributed by atoms with Crippen LogP contribution in [0.4, 0.5) is 10.6 Å². The fraction of sp³-hybridized carbons (Fsp3) is 0.455. The fourth-order valence-corrected chi connectivity index (χ4v) is 5.35. The largest absolute Gasteiger partial charge is 0.352 e. The molecule has 150 valence electrons. The van der Waals surface area contributed by atoms with Gasteiger partial charge in [0.25, 0.3) is 0 Å². The summed E-state index contributed by atoms with van der Waals surface area (Å²) < 4.78 is 0. The average Bonchev–Trinajstić information content (AvgIpc) is 3.00. The number of benzene rings is 1. The van der Waals surface area contributed by atoms with Crippen LogP contribution in [-0.4, -0.2) is 59.3 Å². The molecule has 0 saturated carbocycles. The Kier molecular flexibility index (Phi) is 3.91. The maximum atomic E-state index is 13.5. The number of anilines is 1. The highest BCUT2D eigenvalue weighted by Gasteiger charge is 2.63. The second-order valence-electron chi connectivity index (χ2n) is 8.38. The van der Waals surface area contributed by atoms with Gasteiger partial charge in [0.2, 0.25) is 11.8 Å². The number of carbonyl (C=O) groups excluding carboxylic acids is 3. The van der Waals surface area contributed by atoms with Crippen LogP contribution >= 0.6 is 0 Å². The number of rotatable bonds is 0. The highest BCUT2D eigenvalue weighted by Crippen LogP contribution is 2.48. The highest BCUT2D eigenvalue weighted by molar-refractivity contribution is 6.20.